The maximum absolute atomic E-state index is 13.9. The van der Waals surface area contributed by atoms with Crippen LogP contribution in [-0.4, -0.2) is 0 Å². The lowest BCUT2D eigenvalue weighted by molar-refractivity contribution is -0.189. The van der Waals surface area contributed by atoms with E-state index in [1.165, 1.54) is 0 Å². The zero-order valence-electron chi connectivity index (χ0n) is 12.8. The number of hydrogen-bond donors (Lipinski definition) is 0. The molecule has 0 aliphatic carbocycles. The average Bonchev–Trinajstić information content (AvgIpc) is 2.30. The topological polar surface area (TPSA) is 9.23 Å². The van der Waals surface area contributed by atoms with Crippen molar-refractivity contribution in [1.29, 1.82) is 0 Å². The van der Waals surface area contributed by atoms with Crippen molar-refractivity contribution >= 4 is 10.2 Å². The Morgan fingerprint density at radius 3 is 1.52 bits per heavy atom. The van der Waals surface area contributed by atoms with Gasteiger partial charge in [-0.25, -0.2) is 17.6 Å². The molecule has 27 heavy (non-hydrogen) atoms. The highest BCUT2D eigenvalue weighted by atomic mass is 32.5. The maximum atomic E-state index is 13.9. The molecule has 2 aromatic rings. The molecule has 0 heterocycles. The van der Waals surface area contributed by atoms with Crippen molar-refractivity contribution in [3.05, 3.63) is 58.7 Å². The summed E-state index contributed by atoms with van der Waals surface area (Å²) in [7, 11) is -10.8. The molecule has 0 N–H and O–H groups in total. The maximum Gasteiger partial charge on any atom is 0.432 e. The molecule has 0 fully saturated rings. The molecule has 0 spiro atoms. The monoisotopic (exact) mass is 432 g/mol. The summed E-state index contributed by atoms with van der Waals surface area (Å²) in [5.74, 6) is -11.2. The number of hydrogen-bond acceptors (Lipinski definition) is 1. The predicted molar refractivity (Wildman–Crippen MR) is 73.4 cm³/mol. The van der Waals surface area contributed by atoms with Gasteiger partial charge in [0.15, 0.2) is 16.5 Å². The first-order valence-electron chi connectivity index (χ1n) is 6.58. The molecule has 0 atom stereocenters. The highest BCUT2D eigenvalue weighted by Gasteiger charge is 2.69. The Labute approximate surface area is 144 Å². The fourth-order valence-electron chi connectivity index (χ4n) is 2.14. The first kappa shape index (κ1) is 21.1. The molecule has 0 aliphatic rings. The van der Waals surface area contributed by atoms with Gasteiger partial charge in [-0.3, -0.25) is 0 Å². The third-order valence-electron chi connectivity index (χ3n) is 3.08. The number of rotatable bonds is 4. The summed E-state index contributed by atoms with van der Waals surface area (Å²) < 4.78 is 148. The number of alkyl halides is 2. The van der Waals surface area contributed by atoms with Gasteiger partial charge in [-0.05, 0) is 24.6 Å². The van der Waals surface area contributed by atoms with Crippen molar-refractivity contribution < 1.29 is 50.5 Å². The summed E-state index contributed by atoms with van der Waals surface area (Å²) in [5.41, 5.74) is -2.10. The fraction of sp³-hybridized carbons (Fsp3) is 0.143. The molecular weight excluding hydrogens is 425 g/mol. The Kier molecular flexibility index (Phi) is 4.24. The third kappa shape index (κ3) is 4.39. The second kappa shape index (κ2) is 5.42. The lowest BCUT2D eigenvalue weighted by Crippen LogP contribution is -2.25. The Morgan fingerprint density at radius 1 is 0.741 bits per heavy atom. The first-order valence-corrected chi connectivity index (χ1v) is 8.53. The number of aryl methyl sites for hydroxylation is 1. The lowest BCUT2D eigenvalue weighted by atomic mass is 10.1. The van der Waals surface area contributed by atoms with Crippen molar-refractivity contribution in [2.45, 2.75) is 17.9 Å². The van der Waals surface area contributed by atoms with E-state index < -0.39 is 67.9 Å². The van der Waals surface area contributed by atoms with E-state index in [1.807, 2.05) is 0 Å². The van der Waals surface area contributed by atoms with Crippen LogP contribution < -0.4 is 4.74 Å². The average molecular weight is 432 g/mol. The summed E-state index contributed by atoms with van der Waals surface area (Å²) in [6, 6.07) is -0.273. The lowest BCUT2D eigenvalue weighted by Gasteiger charge is -2.40. The van der Waals surface area contributed by atoms with E-state index in [1.54, 1.807) is 0 Å². The van der Waals surface area contributed by atoms with Crippen LogP contribution in [0.2, 0.25) is 0 Å². The van der Waals surface area contributed by atoms with Gasteiger partial charge in [0, 0.05) is 12.1 Å². The molecule has 0 saturated heterocycles. The highest BCUT2D eigenvalue weighted by Crippen LogP contribution is 3.02. The van der Waals surface area contributed by atoms with Crippen LogP contribution in [-0.2, 0) is 6.11 Å². The van der Waals surface area contributed by atoms with Crippen molar-refractivity contribution in [3.63, 3.8) is 0 Å². The van der Waals surface area contributed by atoms with E-state index in [-0.39, 0.29) is 5.56 Å². The summed E-state index contributed by atoms with van der Waals surface area (Å²) >= 11 is 0. The van der Waals surface area contributed by atoms with Gasteiger partial charge in [0.1, 0.15) is 22.9 Å². The molecule has 2 aromatic carbocycles. The second-order valence-corrected chi connectivity index (χ2v) is 7.75. The minimum Gasteiger partial charge on any atom is -0.429 e. The fourth-order valence-corrected chi connectivity index (χ4v) is 3.00. The summed E-state index contributed by atoms with van der Waals surface area (Å²) in [5, 5.41) is 0. The molecule has 0 aromatic heterocycles. The Hall–Kier alpha value is -2.18. The van der Waals surface area contributed by atoms with Gasteiger partial charge >= 0.3 is 16.3 Å². The normalized spacial score (nSPS) is 15.3. The van der Waals surface area contributed by atoms with Gasteiger partial charge in [-0.15, -0.1) is 0 Å². The predicted octanol–water partition coefficient (Wildman–Crippen LogP) is 7.34. The smallest absolute Gasteiger partial charge is 0.429 e. The van der Waals surface area contributed by atoms with Crippen LogP contribution in [0.4, 0.5) is 45.8 Å². The molecule has 0 bridgehead atoms. The summed E-state index contributed by atoms with van der Waals surface area (Å²) in [6.45, 7) is 1.15. The largest absolute Gasteiger partial charge is 0.432 e. The van der Waals surface area contributed by atoms with Crippen LogP contribution >= 0.6 is 10.2 Å². The Morgan fingerprint density at radius 2 is 1.15 bits per heavy atom. The van der Waals surface area contributed by atoms with Crippen molar-refractivity contribution in [1.82, 2.24) is 0 Å². The highest BCUT2D eigenvalue weighted by molar-refractivity contribution is 8.45. The molecule has 152 valence electrons. The van der Waals surface area contributed by atoms with Gasteiger partial charge in [0.25, 0.3) is 0 Å². The molecular formula is C14H7F11OS. The number of ether oxygens (including phenoxy) is 1. The van der Waals surface area contributed by atoms with Crippen molar-refractivity contribution in [2.75, 3.05) is 0 Å². The molecule has 0 saturated carbocycles. The van der Waals surface area contributed by atoms with Gasteiger partial charge in [-0.2, -0.15) is 8.78 Å². The van der Waals surface area contributed by atoms with E-state index in [9.17, 15) is 45.8 Å². The molecule has 13 heteroatoms. The van der Waals surface area contributed by atoms with E-state index >= 15 is 0 Å². The van der Waals surface area contributed by atoms with Gasteiger partial charge in [0.05, 0.1) is 0 Å². The van der Waals surface area contributed by atoms with Gasteiger partial charge < -0.3 is 4.74 Å². The number of benzene rings is 2. The van der Waals surface area contributed by atoms with Crippen LogP contribution in [0.5, 0.6) is 5.75 Å². The molecule has 0 unspecified atom stereocenters. The standard InChI is InChI=1S/C14H7F11OS/c1-6-2-8(15)12(9(16)3-6)14(19,20)26-7-4-10(17)13(11(18)5-7)27(21,22,23,24)25/h2-5H,1H3. The van der Waals surface area contributed by atoms with Crippen molar-refractivity contribution in [2.24, 2.45) is 0 Å². The Balaban J connectivity index is 2.54. The van der Waals surface area contributed by atoms with Crippen molar-refractivity contribution in [3.8, 4) is 5.75 Å². The molecule has 0 amide bonds. The Bertz CT molecular complexity index is 875. The van der Waals surface area contributed by atoms with Crippen LogP contribution in [0, 0.1) is 30.2 Å². The minimum absolute atomic E-state index is 0.109. The van der Waals surface area contributed by atoms with Gasteiger partial charge in [0.2, 0.25) is 0 Å². The summed E-state index contributed by atoms with van der Waals surface area (Å²) in [6.07, 6.45) is -4.93. The molecule has 0 radical (unpaired) electrons. The van der Waals surface area contributed by atoms with Crippen LogP contribution in [0.1, 0.15) is 11.1 Å². The minimum atomic E-state index is -10.8. The third-order valence-corrected chi connectivity index (χ3v) is 4.24. The van der Waals surface area contributed by atoms with Gasteiger partial charge in [-0.1, -0.05) is 19.4 Å². The second-order valence-electron chi connectivity index (χ2n) is 5.41. The zero-order valence-corrected chi connectivity index (χ0v) is 13.6. The summed E-state index contributed by atoms with van der Waals surface area (Å²) in [4.78, 5) is -3.56. The molecule has 2 rings (SSSR count). The quantitative estimate of drug-likeness (QED) is 0.460. The molecule has 1 nitrogen and oxygen atoms in total. The van der Waals surface area contributed by atoms with E-state index in [2.05, 4.69) is 4.74 Å². The van der Waals surface area contributed by atoms with Crippen LogP contribution in [0.25, 0.3) is 0 Å². The van der Waals surface area contributed by atoms with Crippen LogP contribution in [0.15, 0.2) is 29.2 Å². The SMILES string of the molecule is Cc1cc(F)c(C(F)(F)Oc2cc(F)c(S(F)(F)(F)(F)F)c(F)c2)c(F)c1. The number of halogens is 11. The molecule has 0 aliphatic heterocycles. The van der Waals surface area contributed by atoms with E-state index in [4.69, 9.17) is 0 Å². The van der Waals surface area contributed by atoms with E-state index in [0.717, 1.165) is 6.92 Å². The zero-order chi connectivity index (χ0) is 21.1. The van der Waals surface area contributed by atoms with Crippen LogP contribution in [0.3, 0.4) is 0 Å². The van der Waals surface area contributed by atoms with E-state index in [0.29, 0.717) is 12.1 Å². The first-order chi connectivity index (χ1) is 11.8.